The number of hydrogen-bond acceptors (Lipinski definition) is 4. The topological polar surface area (TPSA) is 112 Å². The third-order valence-corrected chi connectivity index (χ3v) is 4.69. The third-order valence-electron chi connectivity index (χ3n) is 3.06. The van der Waals surface area contributed by atoms with Crippen LogP contribution in [0.1, 0.15) is 27.3 Å². The van der Waals surface area contributed by atoms with E-state index in [1.54, 1.807) is 32.9 Å². The molecule has 8 heteroatoms. The summed E-state index contributed by atoms with van der Waals surface area (Å²) in [4.78, 5) is 11.3. The van der Waals surface area contributed by atoms with E-state index in [9.17, 15) is 18.3 Å². The molecule has 21 heavy (non-hydrogen) atoms. The fourth-order valence-electron chi connectivity index (χ4n) is 2.17. The van der Waals surface area contributed by atoms with Crippen molar-refractivity contribution in [3.05, 3.63) is 40.7 Å². The second-order valence-corrected chi connectivity index (χ2v) is 6.29. The highest BCUT2D eigenvalue weighted by Gasteiger charge is 2.24. The molecule has 2 aromatic rings. The maximum atomic E-state index is 12.4. The van der Waals surface area contributed by atoms with Crippen molar-refractivity contribution in [2.45, 2.75) is 25.7 Å². The van der Waals surface area contributed by atoms with Gasteiger partial charge in [-0.2, -0.15) is 5.10 Å². The highest BCUT2D eigenvalue weighted by molar-refractivity contribution is 7.92. The normalized spacial score (nSPS) is 11.4. The Bertz CT molecular complexity index is 789. The van der Waals surface area contributed by atoms with Gasteiger partial charge in [-0.1, -0.05) is 12.1 Å². The number of aryl methyl sites for hydroxylation is 3. The van der Waals surface area contributed by atoms with Gasteiger partial charge in [0.25, 0.3) is 10.0 Å². The van der Waals surface area contributed by atoms with E-state index in [4.69, 9.17) is 0 Å². The second kappa shape index (κ2) is 5.21. The first kappa shape index (κ1) is 15.0. The summed E-state index contributed by atoms with van der Waals surface area (Å²) in [7, 11) is -3.91. The lowest BCUT2D eigenvalue weighted by molar-refractivity contribution is 0.0697. The average molecular weight is 309 g/mol. The fraction of sp³-hybridized carbons (Fsp3) is 0.231. The van der Waals surface area contributed by atoms with Crippen LogP contribution in [0, 0.1) is 20.8 Å². The van der Waals surface area contributed by atoms with E-state index in [1.165, 1.54) is 6.07 Å². The van der Waals surface area contributed by atoms with E-state index >= 15 is 0 Å². The van der Waals surface area contributed by atoms with Crippen molar-refractivity contribution in [1.29, 1.82) is 0 Å². The fourth-order valence-corrected chi connectivity index (χ4v) is 3.61. The molecule has 0 radical (unpaired) electrons. The van der Waals surface area contributed by atoms with Crippen LogP contribution in [0.25, 0.3) is 0 Å². The molecule has 1 aromatic heterocycles. The first-order valence-electron chi connectivity index (χ1n) is 6.11. The first-order valence-corrected chi connectivity index (χ1v) is 7.59. The highest BCUT2D eigenvalue weighted by Crippen LogP contribution is 2.25. The maximum absolute atomic E-state index is 12.4. The number of carboxylic acid groups (broad SMARTS) is 1. The van der Waals surface area contributed by atoms with Gasteiger partial charge in [-0.3, -0.25) is 9.82 Å². The van der Waals surface area contributed by atoms with Gasteiger partial charge in [-0.25, -0.2) is 13.2 Å². The van der Waals surface area contributed by atoms with Crippen LogP contribution >= 0.6 is 0 Å². The van der Waals surface area contributed by atoms with Crippen molar-refractivity contribution in [3.63, 3.8) is 0 Å². The number of aromatic carboxylic acids is 1. The number of nitrogens with one attached hydrogen (secondary N) is 2. The van der Waals surface area contributed by atoms with Gasteiger partial charge in [0.05, 0.1) is 22.6 Å². The number of benzene rings is 1. The van der Waals surface area contributed by atoms with Crippen LogP contribution in [0.5, 0.6) is 0 Å². The molecule has 1 heterocycles. The quantitative estimate of drug-likeness (QED) is 0.797. The number of nitrogens with zero attached hydrogens (tertiary/aromatic N) is 1. The van der Waals surface area contributed by atoms with E-state index in [2.05, 4.69) is 14.9 Å². The van der Waals surface area contributed by atoms with Crippen LogP contribution in [0.15, 0.2) is 23.1 Å². The Morgan fingerprint density at radius 1 is 1.29 bits per heavy atom. The minimum atomic E-state index is -3.91. The molecule has 0 amide bonds. The number of sulfonamides is 1. The molecule has 7 nitrogen and oxygen atoms in total. The van der Waals surface area contributed by atoms with Crippen LogP contribution < -0.4 is 4.72 Å². The zero-order valence-electron chi connectivity index (χ0n) is 11.8. The maximum Gasteiger partial charge on any atom is 0.338 e. The molecule has 0 saturated carbocycles. The van der Waals surface area contributed by atoms with Gasteiger partial charge >= 0.3 is 5.97 Å². The number of H-pyrrole nitrogens is 1. The molecule has 0 aliphatic rings. The lowest BCUT2D eigenvalue weighted by Crippen LogP contribution is -2.17. The summed E-state index contributed by atoms with van der Waals surface area (Å²) in [6, 6.07) is 4.61. The summed E-state index contributed by atoms with van der Waals surface area (Å²) in [5, 5.41) is 15.7. The number of carboxylic acids is 1. The van der Waals surface area contributed by atoms with Crippen LogP contribution in [-0.2, 0) is 10.0 Å². The molecular formula is C13H15N3O4S. The summed E-state index contributed by atoms with van der Waals surface area (Å²) < 4.78 is 27.2. The number of rotatable bonds is 4. The molecule has 0 saturated heterocycles. The van der Waals surface area contributed by atoms with E-state index in [-0.39, 0.29) is 16.1 Å². The standard InChI is InChI=1S/C13H15N3O4S/c1-7-5-4-6-10(11(7)13(17)18)16-21(19,20)12-8(2)14-15-9(12)3/h4-6,16H,1-3H3,(H,14,15)(H,17,18). The molecule has 0 bridgehead atoms. The Morgan fingerprint density at radius 2 is 1.95 bits per heavy atom. The van der Waals surface area contributed by atoms with E-state index in [1.807, 2.05) is 0 Å². The predicted octanol–water partition coefficient (Wildman–Crippen LogP) is 1.83. The molecule has 0 atom stereocenters. The molecule has 1 aromatic carbocycles. The summed E-state index contributed by atoms with van der Waals surface area (Å²) in [5.41, 5.74) is 1.15. The monoisotopic (exact) mass is 309 g/mol. The smallest absolute Gasteiger partial charge is 0.338 e. The molecule has 0 fully saturated rings. The molecule has 0 aliphatic carbocycles. The SMILES string of the molecule is Cc1cccc(NS(=O)(=O)c2c(C)n[nH]c2C)c1C(=O)O. The first-order chi connectivity index (χ1) is 9.74. The van der Waals surface area contributed by atoms with Gasteiger partial charge < -0.3 is 5.11 Å². The van der Waals surface area contributed by atoms with Crippen LogP contribution in [0.4, 0.5) is 5.69 Å². The van der Waals surface area contributed by atoms with Gasteiger partial charge in [-0.15, -0.1) is 0 Å². The zero-order chi connectivity index (χ0) is 15.8. The Balaban J connectivity index is 2.53. The van der Waals surface area contributed by atoms with Crippen LogP contribution in [0.2, 0.25) is 0 Å². The van der Waals surface area contributed by atoms with E-state index in [0.717, 1.165) is 0 Å². The summed E-state index contributed by atoms with van der Waals surface area (Å²) in [6.45, 7) is 4.75. The van der Waals surface area contributed by atoms with Crippen molar-refractivity contribution in [2.24, 2.45) is 0 Å². The van der Waals surface area contributed by atoms with E-state index < -0.39 is 16.0 Å². The lowest BCUT2D eigenvalue weighted by atomic mass is 10.1. The largest absolute Gasteiger partial charge is 0.478 e. The second-order valence-electron chi connectivity index (χ2n) is 4.67. The van der Waals surface area contributed by atoms with Crippen molar-refractivity contribution >= 4 is 21.7 Å². The van der Waals surface area contributed by atoms with Gasteiger partial charge in [0, 0.05) is 0 Å². The summed E-state index contributed by atoms with van der Waals surface area (Å²) in [6.07, 6.45) is 0. The molecule has 112 valence electrons. The molecule has 0 spiro atoms. The molecular weight excluding hydrogens is 294 g/mol. The van der Waals surface area contributed by atoms with E-state index in [0.29, 0.717) is 17.0 Å². The Kier molecular flexibility index (Phi) is 3.73. The minimum Gasteiger partial charge on any atom is -0.478 e. The van der Waals surface area contributed by atoms with Gasteiger partial charge in [0.15, 0.2) is 0 Å². The summed E-state index contributed by atoms with van der Waals surface area (Å²) in [5.74, 6) is -1.19. The number of aromatic nitrogens is 2. The average Bonchev–Trinajstić information content (AvgIpc) is 2.68. The Labute approximate surface area is 122 Å². The molecule has 0 unspecified atom stereocenters. The molecule has 3 N–H and O–H groups in total. The Hall–Kier alpha value is -2.35. The third kappa shape index (κ3) is 2.75. The number of carbonyl (C=O) groups is 1. The lowest BCUT2D eigenvalue weighted by Gasteiger charge is -2.12. The van der Waals surface area contributed by atoms with Crippen LogP contribution in [-0.4, -0.2) is 29.7 Å². The van der Waals surface area contributed by atoms with Crippen LogP contribution in [0.3, 0.4) is 0 Å². The highest BCUT2D eigenvalue weighted by atomic mass is 32.2. The van der Waals surface area contributed by atoms with Crippen molar-refractivity contribution in [2.75, 3.05) is 4.72 Å². The molecule has 0 aliphatic heterocycles. The Morgan fingerprint density at radius 3 is 2.48 bits per heavy atom. The van der Waals surface area contributed by atoms with Gasteiger partial charge in [0.2, 0.25) is 0 Å². The van der Waals surface area contributed by atoms with Gasteiger partial charge in [0.1, 0.15) is 4.90 Å². The zero-order valence-corrected chi connectivity index (χ0v) is 12.6. The minimum absolute atomic E-state index is 0.0281. The number of aromatic amines is 1. The number of anilines is 1. The van der Waals surface area contributed by atoms with Crippen molar-refractivity contribution in [1.82, 2.24) is 10.2 Å². The molecule has 2 rings (SSSR count). The van der Waals surface area contributed by atoms with Crippen molar-refractivity contribution in [3.8, 4) is 0 Å². The predicted molar refractivity (Wildman–Crippen MR) is 77.0 cm³/mol. The summed E-state index contributed by atoms with van der Waals surface area (Å²) >= 11 is 0. The van der Waals surface area contributed by atoms with Crippen molar-refractivity contribution < 1.29 is 18.3 Å². The number of hydrogen-bond donors (Lipinski definition) is 3. The van der Waals surface area contributed by atoms with Gasteiger partial charge in [-0.05, 0) is 32.4 Å².